The molecule has 0 radical (unpaired) electrons. The number of hydrogen-bond acceptors (Lipinski definition) is 5. The van der Waals surface area contributed by atoms with E-state index in [4.69, 9.17) is 4.42 Å². The Hall–Kier alpha value is -2.41. The molecule has 2 amide bonds. The lowest BCUT2D eigenvalue weighted by atomic mass is 10.2. The van der Waals surface area contributed by atoms with E-state index < -0.39 is 0 Å². The molecule has 2 aromatic heterocycles. The van der Waals surface area contributed by atoms with Crippen molar-refractivity contribution < 1.29 is 14.0 Å². The Bertz CT molecular complexity index is 747. The first kappa shape index (κ1) is 17.4. The molecule has 132 valence electrons. The zero-order valence-electron chi connectivity index (χ0n) is 14.0. The molecule has 1 fully saturated rings. The van der Waals surface area contributed by atoms with Crippen molar-refractivity contribution in [2.75, 3.05) is 6.54 Å². The molecule has 1 unspecified atom stereocenters. The van der Waals surface area contributed by atoms with Crippen LogP contribution in [0.3, 0.4) is 0 Å². The number of aryl methyl sites for hydroxylation is 1. The van der Waals surface area contributed by atoms with Crippen molar-refractivity contribution in [1.82, 2.24) is 15.6 Å². The van der Waals surface area contributed by atoms with E-state index in [1.807, 2.05) is 12.3 Å². The molecule has 2 N–H and O–H groups in total. The number of aromatic nitrogens is 1. The minimum atomic E-state index is -0.251. The van der Waals surface area contributed by atoms with Gasteiger partial charge in [0.15, 0.2) is 0 Å². The van der Waals surface area contributed by atoms with E-state index in [2.05, 4.69) is 15.6 Å². The number of thiazole rings is 1. The van der Waals surface area contributed by atoms with Gasteiger partial charge >= 0.3 is 0 Å². The van der Waals surface area contributed by atoms with Gasteiger partial charge in [0.1, 0.15) is 10.8 Å². The maximum absolute atomic E-state index is 12.2. The van der Waals surface area contributed by atoms with Crippen LogP contribution in [0, 0.1) is 12.8 Å². The maximum Gasteiger partial charge on any atom is 0.244 e. The van der Waals surface area contributed by atoms with Gasteiger partial charge in [-0.05, 0) is 43.9 Å². The number of nitrogens with zero attached hydrogens (tertiary/aromatic N) is 1. The second kappa shape index (κ2) is 8.11. The molecule has 0 bridgehead atoms. The van der Waals surface area contributed by atoms with Crippen LogP contribution in [-0.2, 0) is 9.59 Å². The first-order valence-electron chi connectivity index (χ1n) is 8.32. The van der Waals surface area contributed by atoms with Gasteiger partial charge in [0, 0.05) is 30.1 Å². The standard InChI is InChI=1S/C18H21N3O3S/c1-12-11-25-18(20-12)17(13-4-5-13)21-16(23)8-9-19-15(22)7-6-14-3-2-10-24-14/h2-3,6-7,10-11,13,17H,4-5,8-9H2,1H3,(H,19,22)(H,21,23). The van der Waals surface area contributed by atoms with Gasteiger partial charge in [-0.15, -0.1) is 11.3 Å². The first-order valence-corrected chi connectivity index (χ1v) is 9.20. The van der Waals surface area contributed by atoms with Gasteiger partial charge in [-0.2, -0.15) is 0 Å². The lowest BCUT2D eigenvalue weighted by Crippen LogP contribution is -2.33. The number of hydrogen-bond donors (Lipinski definition) is 2. The third kappa shape index (κ3) is 5.29. The van der Waals surface area contributed by atoms with E-state index in [-0.39, 0.29) is 24.3 Å². The van der Waals surface area contributed by atoms with Crippen LogP contribution in [0.15, 0.2) is 34.3 Å². The molecule has 2 heterocycles. The fraction of sp³-hybridized carbons (Fsp3) is 0.389. The molecule has 0 spiro atoms. The SMILES string of the molecule is Cc1csc(C(NC(=O)CCNC(=O)C=Cc2ccco2)C2CC2)n1. The monoisotopic (exact) mass is 359 g/mol. The zero-order chi connectivity index (χ0) is 17.6. The number of carbonyl (C=O) groups excluding carboxylic acids is 2. The van der Waals surface area contributed by atoms with E-state index in [9.17, 15) is 9.59 Å². The molecule has 6 nitrogen and oxygen atoms in total. The average Bonchev–Trinajstić information content (AvgIpc) is 3.11. The Labute approximate surface area is 150 Å². The molecule has 1 saturated carbocycles. The number of furan rings is 1. The van der Waals surface area contributed by atoms with Crippen molar-refractivity contribution >= 4 is 29.2 Å². The van der Waals surface area contributed by atoms with E-state index >= 15 is 0 Å². The van der Waals surface area contributed by atoms with Gasteiger partial charge < -0.3 is 15.1 Å². The lowest BCUT2D eigenvalue weighted by molar-refractivity contribution is -0.122. The summed E-state index contributed by atoms with van der Waals surface area (Å²) in [6, 6.07) is 3.51. The van der Waals surface area contributed by atoms with Crippen molar-refractivity contribution in [2.45, 2.75) is 32.2 Å². The van der Waals surface area contributed by atoms with Crippen LogP contribution < -0.4 is 10.6 Å². The summed E-state index contributed by atoms with van der Waals surface area (Å²) in [7, 11) is 0. The molecule has 1 atom stereocenters. The summed E-state index contributed by atoms with van der Waals surface area (Å²) >= 11 is 1.59. The van der Waals surface area contributed by atoms with Gasteiger partial charge in [-0.3, -0.25) is 9.59 Å². The number of rotatable bonds is 8. The second-order valence-electron chi connectivity index (χ2n) is 6.10. The maximum atomic E-state index is 12.2. The molecule has 0 aliphatic heterocycles. The van der Waals surface area contributed by atoms with Crippen LogP contribution in [0.1, 0.15) is 41.8 Å². The summed E-state index contributed by atoms with van der Waals surface area (Å²) in [6.45, 7) is 2.25. The van der Waals surface area contributed by atoms with Crippen molar-refractivity contribution in [3.05, 3.63) is 46.3 Å². The Balaban J connectivity index is 1.42. The fourth-order valence-corrected chi connectivity index (χ4v) is 3.41. The van der Waals surface area contributed by atoms with E-state index in [1.54, 1.807) is 35.8 Å². The van der Waals surface area contributed by atoms with Gasteiger partial charge in [-0.1, -0.05) is 0 Å². The summed E-state index contributed by atoms with van der Waals surface area (Å²) in [4.78, 5) is 28.4. The van der Waals surface area contributed by atoms with Crippen molar-refractivity contribution in [2.24, 2.45) is 5.92 Å². The molecule has 3 rings (SSSR count). The van der Waals surface area contributed by atoms with Gasteiger partial charge in [-0.25, -0.2) is 4.98 Å². The van der Waals surface area contributed by atoms with Crippen LogP contribution in [0.4, 0.5) is 0 Å². The number of nitrogens with one attached hydrogen (secondary N) is 2. The van der Waals surface area contributed by atoms with Crippen LogP contribution >= 0.6 is 11.3 Å². The largest absolute Gasteiger partial charge is 0.465 e. The van der Waals surface area contributed by atoms with Crippen molar-refractivity contribution in [3.63, 3.8) is 0 Å². The van der Waals surface area contributed by atoms with E-state index in [1.165, 1.54) is 6.08 Å². The smallest absolute Gasteiger partial charge is 0.244 e. The molecule has 2 aromatic rings. The summed E-state index contributed by atoms with van der Waals surface area (Å²) in [6.07, 6.45) is 7.01. The molecular formula is C18H21N3O3S. The third-order valence-corrected chi connectivity index (χ3v) is 4.95. The summed E-state index contributed by atoms with van der Waals surface area (Å²) < 4.78 is 5.11. The Morgan fingerprint density at radius 3 is 2.96 bits per heavy atom. The lowest BCUT2D eigenvalue weighted by Gasteiger charge is -2.15. The predicted octanol–water partition coefficient (Wildman–Crippen LogP) is 2.83. The summed E-state index contributed by atoms with van der Waals surface area (Å²) in [5, 5.41) is 8.73. The Morgan fingerprint density at radius 1 is 1.48 bits per heavy atom. The highest BCUT2D eigenvalue weighted by Gasteiger charge is 2.35. The molecule has 0 saturated heterocycles. The summed E-state index contributed by atoms with van der Waals surface area (Å²) in [5.41, 5.74) is 0.982. The normalized spacial score (nSPS) is 15.2. The van der Waals surface area contributed by atoms with Gasteiger partial charge in [0.25, 0.3) is 0 Å². The van der Waals surface area contributed by atoms with Crippen LogP contribution in [0.25, 0.3) is 6.08 Å². The Kier molecular flexibility index (Phi) is 5.65. The third-order valence-electron chi connectivity index (χ3n) is 3.91. The zero-order valence-corrected chi connectivity index (χ0v) is 14.8. The van der Waals surface area contributed by atoms with E-state index in [0.717, 1.165) is 23.5 Å². The average molecular weight is 359 g/mol. The molecule has 7 heteroatoms. The van der Waals surface area contributed by atoms with Crippen LogP contribution in [0.5, 0.6) is 0 Å². The highest BCUT2D eigenvalue weighted by molar-refractivity contribution is 7.09. The summed E-state index contributed by atoms with van der Waals surface area (Å²) in [5.74, 6) is 0.776. The minimum Gasteiger partial charge on any atom is -0.465 e. The van der Waals surface area contributed by atoms with Crippen molar-refractivity contribution in [1.29, 1.82) is 0 Å². The van der Waals surface area contributed by atoms with Crippen LogP contribution in [-0.4, -0.2) is 23.3 Å². The first-order chi connectivity index (χ1) is 12.1. The minimum absolute atomic E-state index is 0.000694. The molecule has 0 aromatic carbocycles. The van der Waals surface area contributed by atoms with Crippen LogP contribution in [0.2, 0.25) is 0 Å². The topological polar surface area (TPSA) is 84.2 Å². The predicted molar refractivity (Wildman–Crippen MR) is 95.8 cm³/mol. The molecule has 25 heavy (non-hydrogen) atoms. The Morgan fingerprint density at radius 2 is 2.32 bits per heavy atom. The molecule has 1 aliphatic rings. The van der Waals surface area contributed by atoms with Gasteiger partial charge in [0.05, 0.1) is 12.3 Å². The quantitative estimate of drug-likeness (QED) is 0.710. The molecular weight excluding hydrogens is 338 g/mol. The second-order valence-corrected chi connectivity index (χ2v) is 6.99. The van der Waals surface area contributed by atoms with E-state index in [0.29, 0.717) is 18.2 Å². The fourth-order valence-electron chi connectivity index (χ4n) is 2.47. The number of carbonyl (C=O) groups is 2. The molecule has 1 aliphatic carbocycles. The van der Waals surface area contributed by atoms with Gasteiger partial charge in [0.2, 0.25) is 11.8 Å². The number of amides is 2. The highest BCUT2D eigenvalue weighted by atomic mass is 32.1. The van der Waals surface area contributed by atoms with Crippen molar-refractivity contribution in [3.8, 4) is 0 Å². The highest BCUT2D eigenvalue weighted by Crippen LogP contribution is 2.41.